The Morgan fingerprint density at radius 3 is 2.31 bits per heavy atom. The molecule has 0 saturated carbocycles. The highest BCUT2D eigenvalue weighted by Crippen LogP contribution is 2.49. The van der Waals surface area contributed by atoms with Crippen molar-refractivity contribution in [3.8, 4) is 0 Å². The number of hydrogen-bond donors (Lipinski definition) is 1. The Hall–Kier alpha value is -2.33. The van der Waals surface area contributed by atoms with Gasteiger partial charge in [-0.15, -0.1) is 0 Å². The van der Waals surface area contributed by atoms with Crippen molar-refractivity contribution >= 4 is 42.2 Å². The number of rotatable bonds is 9. The number of non-ortho nitro benzene ring substituents is 1. The van der Waals surface area contributed by atoms with Gasteiger partial charge in [0.2, 0.25) is 0 Å². The van der Waals surface area contributed by atoms with E-state index in [0.717, 1.165) is 18.2 Å². The summed E-state index contributed by atoms with van der Waals surface area (Å²) in [5.41, 5.74) is 3.57. The summed E-state index contributed by atoms with van der Waals surface area (Å²) in [5.74, 6) is -2.44. The van der Waals surface area contributed by atoms with Crippen LogP contribution in [0, 0.1) is 10.1 Å². The maximum atomic E-state index is 12.5. The van der Waals surface area contributed by atoms with E-state index in [-0.39, 0.29) is 29.5 Å². The highest BCUT2D eigenvalue weighted by atomic mass is 35.5. The number of carbonyl (C=O) groups is 2. The van der Waals surface area contributed by atoms with Gasteiger partial charge in [0.25, 0.3) is 17.0 Å². The fourth-order valence-electron chi connectivity index (χ4n) is 1.65. The molecule has 142 valence electrons. The predicted molar refractivity (Wildman–Crippen MR) is 91.0 cm³/mol. The minimum Gasteiger partial charge on any atom is -0.364 e. The highest BCUT2D eigenvalue weighted by Gasteiger charge is 2.37. The SMILES string of the molecule is CCOP(=O)(OCC)C(=NOC(=O)c1ccc([N+](=O)[O-])cc1Cl)C(N)=O. The van der Waals surface area contributed by atoms with Crippen LogP contribution in [0.15, 0.2) is 23.4 Å². The van der Waals surface area contributed by atoms with E-state index in [9.17, 15) is 24.3 Å². The van der Waals surface area contributed by atoms with Crippen LogP contribution in [-0.4, -0.2) is 35.5 Å². The predicted octanol–water partition coefficient (Wildman–Crippen LogP) is 2.47. The minimum atomic E-state index is -4.19. The molecule has 0 radical (unpaired) electrons. The quantitative estimate of drug-likeness (QED) is 0.214. The van der Waals surface area contributed by atoms with Crippen LogP contribution in [0.5, 0.6) is 0 Å². The first-order valence-electron chi connectivity index (χ1n) is 7.09. The fourth-order valence-corrected chi connectivity index (χ4v) is 3.31. The van der Waals surface area contributed by atoms with Crippen LogP contribution in [0.4, 0.5) is 5.69 Å². The van der Waals surface area contributed by atoms with E-state index in [1.165, 1.54) is 13.8 Å². The van der Waals surface area contributed by atoms with E-state index in [1.807, 2.05) is 0 Å². The van der Waals surface area contributed by atoms with Gasteiger partial charge in [0.15, 0.2) is 0 Å². The number of hydrogen-bond acceptors (Lipinski definition) is 9. The van der Waals surface area contributed by atoms with Crippen LogP contribution in [0.25, 0.3) is 0 Å². The van der Waals surface area contributed by atoms with Crippen molar-refractivity contribution in [1.29, 1.82) is 0 Å². The molecule has 0 bridgehead atoms. The van der Waals surface area contributed by atoms with Gasteiger partial charge in [0, 0.05) is 12.1 Å². The molecule has 0 atom stereocenters. The van der Waals surface area contributed by atoms with Gasteiger partial charge in [0.05, 0.1) is 28.7 Å². The Kier molecular flexibility index (Phi) is 7.84. The van der Waals surface area contributed by atoms with Crippen LogP contribution >= 0.6 is 19.2 Å². The summed E-state index contributed by atoms with van der Waals surface area (Å²) in [4.78, 5) is 38.0. The number of benzene rings is 1. The summed E-state index contributed by atoms with van der Waals surface area (Å²) >= 11 is 5.79. The average Bonchev–Trinajstić information content (AvgIpc) is 2.54. The van der Waals surface area contributed by atoms with Gasteiger partial charge in [-0.2, -0.15) is 0 Å². The molecule has 1 aromatic rings. The summed E-state index contributed by atoms with van der Waals surface area (Å²) < 4.78 is 22.3. The third-order valence-electron chi connectivity index (χ3n) is 2.68. The van der Waals surface area contributed by atoms with Gasteiger partial charge in [-0.25, -0.2) is 4.79 Å². The molecule has 1 amide bonds. The maximum Gasteiger partial charge on any atom is 0.388 e. The number of nitro benzene ring substituents is 1. The van der Waals surface area contributed by atoms with Crippen LogP contribution < -0.4 is 5.73 Å². The molecular weight excluding hydrogens is 393 g/mol. The van der Waals surface area contributed by atoms with E-state index in [2.05, 4.69) is 9.99 Å². The van der Waals surface area contributed by atoms with Gasteiger partial charge in [-0.1, -0.05) is 16.8 Å². The van der Waals surface area contributed by atoms with Crippen LogP contribution in [0.1, 0.15) is 24.2 Å². The molecule has 1 aromatic carbocycles. The van der Waals surface area contributed by atoms with E-state index < -0.39 is 29.8 Å². The maximum absolute atomic E-state index is 12.5. The van der Waals surface area contributed by atoms with Gasteiger partial charge >= 0.3 is 13.6 Å². The number of amides is 1. The Labute approximate surface area is 152 Å². The minimum absolute atomic E-state index is 0.0916. The molecule has 0 saturated heterocycles. The van der Waals surface area contributed by atoms with Crippen molar-refractivity contribution in [3.05, 3.63) is 38.9 Å². The van der Waals surface area contributed by atoms with Crippen LogP contribution in [-0.2, 0) is 23.2 Å². The molecule has 2 N–H and O–H groups in total. The molecule has 0 heterocycles. The van der Waals surface area contributed by atoms with Crippen molar-refractivity contribution in [1.82, 2.24) is 0 Å². The van der Waals surface area contributed by atoms with E-state index in [0.29, 0.717) is 0 Å². The second-order valence-corrected chi connectivity index (χ2v) is 6.75. The lowest BCUT2D eigenvalue weighted by molar-refractivity contribution is -0.384. The smallest absolute Gasteiger partial charge is 0.364 e. The van der Waals surface area contributed by atoms with Crippen molar-refractivity contribution in [2.45, 2.75) is 13.8 Å². The van der Waals surface area contributed by atoms with Gasteiger partial charge in [-0.3, -0.25) is 19.5 Å². The van der Waals surface area contributed by atoms with E-state index in [4.69, 9.17) is 26.4 Å². The summed E-state index contributed by atoms with van der Waals surface area (Å²) in [7, 11) is -4.19. The summed E-state index contributed by atoms with van der Waals surface area (Å²) in [6.45, 7) is 2.80. The van der Waals surface area contributed by atoms with Gasteiger partial charge in [-0.05, 0) is 19.9 Å². The first-order valence-corrected chi connectivity index (χ1v) is 9.01. The molecule has 0 aliphatic rings. The second-order valence-electron chi connectivity index (χ2n) is 4.41. The molecule has 26 heavy (non-hydrogen) atoms. The van der Waals surface area contributed by atoms with Crippen LogP contribution in [0.3, 0.4) is 0 Å². The van der Waals surface area contributed by atoms with Crippen molar-refractivity contribution in [3.63, 3.8) is 0 Å². The third-order valence-corrected chi connectivity index (χ3v) is 5.01. The number of nitrogens with two attached hydrogens (primary N) is 1. The second kappa shape index (κ2) is 9.39. The first-order chi connectivity index (χ1) is 12.2. The summed E-state index contributed by atoms with van der Waals surface area (Å²) in [6, 6.07) is 2.99. The van der Waals surface area contributed by atoms with E-state index in [1.54, 1.807) is 0 Å². The Balaban J connectivity index is 3.14. The topological polar surface area (TPSA) is 160 Å². The zero-order chi connectivity index (χ0) is 19.9. The molecule has 0 aromatic heterocycles. The molecule has 0 spiro atoms. The Morgan fingerprint density at radius 1 is 1.31 bits per heavy atom. The third kappa shape index (κ3) is 5.33. The highest BCUT2D eigenvalue weighted by molar-refractivity contribution is 7.75. The lowest BCUT2D eigenvalue weighted by Crippen LogP contribution is -2.26. The first kappa shape index (κ1) is 21.7. The largest absolute Gasteiger partial charge is 0.388 e. The van der Waals surface area contributed by atoms with E-state index >= 15 is 0 Å². The number of carbonyl (C=O) groups excluding carboxylic acids is 2. The van der Waals surface area contributed by atoms with Crippen molar-refractivity contribution < 1.29 is 33.0 Å². The lowest BCUT2D eigenvalue weighted by atomic mass is 10.2. The fraction of sp³-hybridized carbons (Fsp3) is 0.308. The molecular formula is C13H15ClN3O8P. The monoisotopic (exact) mass is 407 g/mol. The number of halogens is 1. The Bertz CT molecular complexity index is 788. The summed E-state index contributed by atoms with van der Waals surface area (Å²) in [6.07, 6.45) is 0. The number of nitro groups is 1. The van der Waals surface area contributed by atoms with Crippen molar-refractivity contribution in [2.24, 2.45) is 10.9 Å². The summed E-state index contributed by atoms with van der Waals surface area (Å²) in [5, 5.41) is 13.6. The lowest BCUT2D eigenvalue weighted by Gasteiger charge is -2.16. The normalized spacial score (nSPS) is 11.9. The Morgan fingerprint density at radius 2 is 1.88 bits per heavy atom. The molecule has 0 unspecified atom stereocenters. The zero-order valence-electron chi connectivity index (χ0n) is 13.7. The number of nitrogens with zero attached hydrogens (tertiary/aromatic N) is 2. The number of primary amides is 1. The zero-order valence-corrected chi connectivity index (χ0v) is 15.4. The molecule has 13 heteroatoms. The van der Waals surface area contributed by atoms with Crippen molar-refractivity contribution in [2.75, 3.05) is 13.2 Å². The average molecular weight is 408 g/mol. The molecule has 0 aliphatic heterocycles. The molecule has 0 aliphatic carbocycles. The standard InChI is InChI=1S/C13H15ClN3O8P/c1-3-23-26(22,24-4-2)12(11(15)18)16-25-13(19)9-6-5-8(17(20)21)7-10(9)14/h5-7H,3-4H2,1-2H3,(H2,15,18). The molecule has 0 fully saturated rings. The molecule has 1 rings (SSSR count). The number of oxime groups is 1. The van der Waals surface area contributed by atoms with Gasteiger partial charge in [0.1, 0.15) is 0 Å². The van der Waals surface area contributed by atoms with Gasteiger partial charge < -0.3 is 19.6 Å². The van der Waals surface area contributed by atoms with Crippen LogP contribution in [0.2, 0.25) is 5.02 Å². The molecule has 11 nitrogen and oxygen atoms in total.